The van der Waals surface area contributed by atoms with Crippen LogP contribution in [0.4, 0.5) is 5.69 Å². The number of nitrogens with one attached hydrogen (secondary N) is 1. The van der Waals surface area contributed by atoms with E-state index in [4.69, 9.17) is 4.74 Å². The maximum atomic E-state index is 12.6. The Labute approximate surface area is 182 Å². The zero-order valence-corrected chi connectivity index (χ0v) is 18.0. The molecule has 0 bridgehead atoms. The van der Waals surface area contributed by atoms with Crippen molar-refractivity contribution in [3.8, 4) is 0 Å². The fourth-order valence-corrected chi connectivity index (χ4v) is 4.39. The van der Waals surface area contributed by atoms with E-state index in [0.717, 1.165) is 24.8 Å². The van der Waals surface area contributed by atoms with Crippen molar-refractivity contribution >= 4 is 23.5 Å². The molecule has 6 heteroatoms. The molecule has 1 aliphatic heterocycles. The number of carbonyl (C=O) groups excluding carboxylic acids is 3. The van der Waals surface area contributed by atoms with Gasteiger partial charge in [-0.15, -0.1) is 0 Å². The van der Waals surface area contributed by atoms with Crippen molar-refractivity contribution in [3.05, 3.63) is 65.2 Å². The molecule has 1 N–H and O–H groups in total. The molecule has 6 nitrogen and oxygen atoms in total. The Balaban J connectivity index is 1.32. The number of esters is 1. The summed E-state index contributed by atoms with van der Waals surface area (Å²) >= 11 is 0. The van der Waals surface area contributed by atoms with E-state index in [1.807, 2.05) is 55.5 Å². The van der Waals surface area contributed by atoms with E-state index in [1.54, 1.807) is 11.8 Å². The first-order valence-electron chi connectivity index (χ1n) is 10.9. The Kier molecular flexibility index (Phi) is 6.07. The van der Waals surface area contributed by atoms with E-state index in [2.05, 4.69) is 5.32 Å². The Morgan fingerprint density at radius 1 is 1.06 bits per heavy atom. The van der Waals surface area contributed by atoms with Crippen molar-refractivity contribution in [1.82, 2.24) is 4.90 Å². The van der Waals surface area contributed by atoms with Crippen LogP contribution in [0.25, 0.3) is 0 Å². The van der Waals surface area contributed by atoms with Gasteiger partial charge in [0.15, 0.2) is 6.10 Å². The number of anilines is 1. The van der Waals surface area contributed by atoms with Crippen LogP contribution in [0, 0.1) is 5.92 Å². The van der Waals surface area contributed by atoms with Gasteiger partial charge in [0.1, 0.15) is 0 Å². The number of likely N-dealkylation sites (tertiary alicyclic amines) is 1. The number of amides is 2. The molecule has 2 aromatic carbocycles. The fraction of sp³-hybridized carbons (Fsp3) is 0.400. The van der Waals surface area contributed by atoms with Crippen LogP contribution in [-0.2, 0) is 32.0 Å². The Bertz CT molecular complexity index is 988. The number of ether oxygens (including phenoxy) is 1. The van der Waals surface area contributed by atoms with Gasteiger partial charge in [0.2, 0.25) is 5.91 Å². The van der Waals surface area contributed by atoms with Crippen LogP contribution in [0.15, 0.2) is 48.5 Å². The number of hydrogen-bond acceptors (Lipinski definition) is 4. The minimum atomic E-state index is -0.934. The summed E-state index contributed by atoms with van der Waals surface area (Å²) in [5.41, 5.74) is 4.33. The van der Waals surface area contributed by atoms with Crippen molar-refractivity contribution in [2.75, 3.05) is 11.9 Å². The summed E-state index contributed by atoms with van der Waals surface area (Å²) in [7, 11) is 0. The molecule has 0 unspecified atom stereocenters. The molecule has 1 fully saturated rings. The Morgan fingerprint density at radius 3 is 2.58 bits per heavy atom. The smallest absolute Gasteiger partial charge is 0.312 e. The van der Waals surface area contributed by atoms with E-state index >= 15 is 0 Å². The lowest BCUT2D eigenvalue weighted by molar-refractivity contribution is -0.157. The summed E-state index contributed by atoms with van der Waals surface area (Å²) in [6.45, 7) is 3.81. The molecular weight excluding hydrogens is 392 g/mol. The summed E-state index contributed by atoms with van der Waals surface area (Å²) < 4.78 is 5.41. The SMILES string of the molecule is C[C@H](OC(=O)[C@H]1CC(=O)N([C@@H](C)c2ccccc2)C1)C(=O)Nc1ccc2c(c1)CCC2. The first-order valence-corrected chi connectivity index (χ1v) is 10.9. The summed E-state index contributed by atoms with van der Waals surface area (Å²) in [6.07, 6.45) is 2.42. The lowest BCUT2D eigenvalue weighted by atomic mass is 10.1. The minimum absolute atomic E-state index is 0.0754. The van der Waals surface area contributed by atoms with Gasteiger partial charge in [-0.3, -0.25) is 14.4 Å². The second kappa shape index (κ2) is 8.92. The summed E-state index contributed by atoms with van der Waals surface area (Å²) in [5, 5.41) is 2.83. The van der Waals surface area contributed by atoms with Gasteiger partial charge in [-0.2, -0.15) is 0 Å². The lowest BCUT2D eigenvalue weighted by Gasteiger charge is -2.25. The summed E-state index contributed by atoms with van der Waals surface area (Å²) in [4.78, 5) is 39.4. The minimum Gasteiger partial charge on any atom is -0.452 e. The standard InChI is InChI=1S/C25H28N2O4/c1-16(18-7-4-3-5-8-18)27-15-21(14-23(27)28)25(30)31-17(2)24(29)26-22-12-11-19-9-6-10-20(19)13-22/h3-5,7-8,11-13,16-17,21H,6,9-10,14-15H2,1-2H3,(H,26,29)/t16-,17-,21-/m0/s1. The predicted molar refractivity (Wildman–Crippen MR) is 117 cm³/mol. The number of hydrogen-bond donors (Lipinski definition) is 1. The van der Waals surface area contributed by atoms with Gasteiger partial charge >= 0.3 is 5.97 Å². The molecule has 0 aromatic heterocycles. The predicted octanol–water partition coefficient (Wildman–Crippen LogP) is 3.66. The average Bonchev–Trinajstić information content (AvgIpc) is 3.39. The molecule has 0 spiro atoms. The molecular formula is C25H28N2O4. The zero-order chi connectivity index (χ0) is 22.0. The summed E-state index contributed by atoms with van der Waals surface area (Å²) in [5.74, 6) is -1.51. The van der Waals surface area contributed by atoms with Gasteiger partial charge in [0, 0.05) is 18.7 Å². The van der Waals surface area contributed by atoms with Crippen LogP contribution in [0.1, 0.15) is 49.4 Å². The normalized spacial score (nSPS) is 19.6. The highest BCUT2D eigenvalue weighted by molar-refractivity contribution is 5.96. The van der Waals surface area contributed by atoms with Crippen LogP contribution >= 0.6 is 0 Å². The van der Waals surface area contributed by atoms with Gasteiger partial charge < -0.3 is 15.0 Å². The number of benzene rings is 2. The van der Waals surface area contributed by atoms with Crippen molar-refractivity contribution in [2.45, 2.75) is 51.7 Å². The molecule has 31 heavy (non-hydrogen) atoms. The van der Waals surface area contributed by atoms with Crippen molar-refractivity contribution in [1.29, 1.82) is 0 Å². The Hall–Kier alpha value is -3.15. The second-order valence-corrected chi connectivity index (χ2v) is 8.44. The van der Waals surface area contributed by atoms with E-state index in [1.165, 1.54) is 11.1 Å². The molecule has 1 heterocycles. The van der Waals surface area contributed by atoms with Crippen LogP contribution in [0.2, 0.25) is 0 Å². The Morgan fingerprint density at radius 2 is 1.81 bits per heavy atom. The number of aryl methyl sites for hydroxylation is 2. The van der Waals surface area contributed by atoms with Crippen molar-refractivity contribution in [3.63, 3.8) is 0 Å². The zero-order valence-electron chi connectivity index (χ0n) is 18.0. The number of nitrogens with zero attached hydrogens (tertiary/aromatic N) is 1. The van der Waals surface area contributed by atoms with Gasteiger partial charge in [-0.05, 0) is 61.9 Å². The molecule has 0 radical (unpaired) electrons. The number of rotatable bonds is 6. The first kappa shape index (κ1) is 21.1. The highest BCUT2D eigenvalue weighted by Gasteiger charge is 2.38. The molecule has 162 valence electrons. The molecule has 1 aliphatic carbocycles. The molecule has 2 aliphatic rings. The fourth-order valence-electron chi connectivity index (χ4n) is 4.39. The van der Waals surface area contributed by atoms with Crippen molar-refractivity contribution < 1.29 is 19.1 Å². The lowest BCUT2D eigenvalue weighted by Crippen LogP contribution is -2.33. The van der Waals surface area contributed by atoms with Crippen molar-refractivity contribution in [2.24, 2.45) is 5.92 Å². The molecule has 4 rings (SSSR count). The van der Waals surface area contributed by atoms with Crippen LogP contribution < -0.4 is 5.32 Å². The van der Waals surface area contributed by atoms with Gasteiger partial charge in [0.25, 0.3) is 5.91 Å². The third-order valence-corrected chi connectivity index (χ3v) is 6.27. The number of carbonyl (C=O) groups is 3. The van der Waals surface area contributed by atoms with Gasteiger partial charge in [-0.25, -0.2) is 0 Å². The second-order valence-electron chi connectivity index (χ2n) is 8.44. The molecule has 1 saturated heterocycles. The topological polar surface area (TPSA) is 75.7 Å². The van der Waals surface area contributed by atoms with Crippen LogP contribution in [0.5, 0.6) is 0 Å². The molecule has 3 atom stereocenters. The molecule has 2 aromatic rings. The van der Waals surface area contributed by atoms with E-state index in [9.17, 15) is 14.4 Å². The van der Waals surface area contributed by atoms with Crippen LogP contribution in [0.3, 0.4) is 0 Å². The maximum Gasteiger partial charge on any atom is 0.312 e. The summed E-state index contributed by atoms with van der Waals surface area (Å²) in [6, 6.07) is 15.5. The van der Waals surface area contributed by atoms with Gasteiger partial charge in [-0.1, -0.05) is 36.4 Å². The molecule has 0 saturated carbocycles. The number of fused-ring (bicyclic) bond motifs is 1. The largest absolute Gasteiger partial charge is 0.452 e. The average molecular weight is 421 g/mol. The quantitative estimate of drug-likeness (QED) is 0.724. The third kappa shape index (κ3) is 4.63. The maximum absolute atomic E-state index is 12.6. The van der Waals surface area contributed by atoms with E-state index in [-0.39, 0.29) is 24.3 Å². The van der Waals surface area contributed by atoms with E-state index < -0.39 is 18.0 Å². The first-order chi connectivity index (χ1) is 14.9. The molecule has 2 amide bonds. The third-order valence-electron chi connectivity index (χ3n) is 6.27. The van der Waals surface area contributed by atoms with Crippen LogP contribution in [-0.4, -0.2) is 35.3 Å². The monoisotopic (exact) mass is 420 g/mol. The highest BCUT2D eigenvalue weighted by atomic mass is 16.5. The van der Waals surface area contributed by atoms with Gasteiger partial charge in [0.05, 0.1) is 12.0 Å². The van der Waals surface area contributed by atoms with E-state index in [0.29, 0.717) is 12.2 Å². The highest BCUT2D eigenvalue weighted by Crippen LogP contribution is 2.29.